The number of hydrogen-bond acceptors (Lipinski definition) is 7. The van der Waals surface area contributed by atoms with Crippen LogP contribution in [0.15, 0.2) is 24.5 Å². The Balaban J connectivity index is 1.97. The molecule has 0 saturated heterocycles. The zero-order valence-corrected chi connectivity index (χ0v) is 12.3. The molecular formula is C14H20N6O. The first-order valence-electron chi connectivity index (χ1n) is 7.07. The van der Waals surface area contributed by atoms with Gasteiger partial charge >= 0.3 is 6.01 Å². The standard InChI is InChI=1S/C14H20N6O/c1-3-16-12-18-13(20-14(19-12)21-4-2)17-9-7-11-6-5-8-15-10-11/h5-6,8,10H,3-4,7,9H2,1-2H3,(H2,16,17,18,19,20). The van der Waals surface area contributed by atoms with E-state index in [-0.39, 0.29) is 0 Å². The maximum absolute atomic E-state index is 5.35. The maximum atomic E-state index is 5.35. The van der Waals surface area contributed by atoms with Gasteiger partial charge in [-0.15, -0.1) is 0 Å². The summed E-state index contributed by atoms with van der Waals surface area (Å²) in [6.07, 6.45) is 4.46. The molecule has 0 aromatic carbocycles. The van der Waals surface area contributed by atoms with Crippen LogP contribution in [0, 0.1) is 0 Å². The Kier molecular flexibility index (Phi) is 5.69. The van der Waals surface area contributed by atoms with E-state index >= 15 is 0 Å². The van der Waals surface area contributed by atoms with Crippen molar-refractivity contribution in [2.24, 2.45) is 0 Å². The van der Waals surface area contributed by atoms with E-state index < -0.39 is 0 Å². The van der Waals surface area contributed by atoms with Gasteiger partial charge in [-0.25, -0.2) is 0 Å². The Morgan fingerprint density at radius 1 is 1.10 bits per heavy atom. The molecule has 7 nitrogen and oxygen atoms in total. The number of nitrogens with one attached hydrogen (secondary N) is 2. The second kappa shape index (κ2) is 7.98. The lowest BCUT2D eigenvalue weighted by molar-refractivity contribution is 0.312. The van der Waals surface area contributed by atoms with E-state index in [1.807, 2.05) is 32.2 Å². The SMILES string of the molecule is CCNc1nc(NCCc2cccnc2)nc(OCC)n1. The molecule has 0 spiro atoms. The Morgan fingerprint density at radius 3 is 2.57 bits per heavy atom. The average molecular weight is 288 g/mol. The molecule has 0 saturated carbocycles. The van der Waals surface area contributed by atoms with Crippen LogP contribution in [0.2, 0.25) is 0 Å². The number of nitrogens with zero attached hydrogens (tertiary/aromatic N) is 4. The van der Waals surface area contributed by atoms with E-state index in [2.05, 4.69) is 30.6 Å². The molecule has 0 aliphatic carbocycles. The largest absolute Gasteiger partial charge is 0.464 e. The van der Waals surface area contributed by atoms with Gasteiger partial charge in [-0.3, -0.25) is 4.98 Å². The highest BCUT2D eigenvalue weighted by Gasteiger charge is 2.06. The lowest BCUT2D eigenvalue weighted by atomic mass is 10.2. The zero-order chi connectivity index (χ0) is 14.9. The van der Waals surface area contributed by atoms with Crippen LogP contribution in [0.3, 0.4) is 0 Å². The first kappa shape index (κ1) is 15.0. The van der Waals surface area contributed by atoms with Crippen LogP contribution < -0.4 is 15.4 Å². The van der Waals surface area contributed by atoms with Gasteiger partial charge in [0.05, 0.1) is 6.61 Å². The number of ether oxygens (including phenoxy) is 1. The third-order valence-electron chi connectivity index (χ3n) is 2.64. The summed E-state index contributed by atoms with van der Waals surface area (Å²) < 4.78 is 5.35. The molecule has 7 heteroatoms. The van der Waals surface area contributed by atoms with Crippen LogP contribution in [-0.2, 0) is 6.42 Å². The maximum Gasteiger partial charge on any atom is 0.323 e. The van der Waals surface area contributed by atoms with E-state index in [9.17, 15) is 0 Å². The minimum atomic E-state index is 0.326. The van der Waals surface area contributed by atoms with Gasteiger partial charge in [0.25, 0.3) is 0 Å². The van der Waals surface area contributed by atoms with Gasteiger partial charge in [-0.1, -0.05) is 6.07 Å². The number of rotatable bonds is 8. The highest BCUT2D eigenvalue weighted by atomic mass is 16.5. The number of hydrogen-bond donors (Lipinski definition) is 2. The normalized spacial score (nSPS) is 10.2. The molecule has 2 rings (SSSR count). The van der Waals surface area contributed by atoms with Gasteiger partial charge in [-0.2, -0.15) is 15.0 Å². The fourth-order valence-electron chi connectivity index (χ4n) is 1.73. The second-order valence-electron chi connectivity index (χ2n) is 4.27. The van der Waals surface area contributed by atoms with Crippen LogP contribution in [0.4, 0.5) is 11.9 Å². The summed E-state index contributed by atoms with van der Waals surface area (Å²) in [4.78, 5) is 16.8. The Labute approximate surface area is 124 Å². The third kappa shape index (κ3) is 4.87. The van der Waals surface area contributed by atoms with Gasteiger partial charge in [-0.05, 0) is 31.9 Å². The van der Waals surface area contributed by atoms with Crippen molar-refractivity contribution in [3.63, 3.8) is 0 Å². The highest BCUT2D eigenvalue weighted by Crippen LogP contribution is 2.11. The summed E-state index contributed by atoms with van der Waals surface area (Å²) >= 11 is 0. The molecule has 0 atom stereocenters. The summed E-state index contributed by atoms with van der Waals surface area (Å²) in [6.45, 7) is 5.86. The van der Waals surface area contributed by atoms with Crippen LogP contribution in [0.1, 0.15) is 19.4 Å². The Morgan fingerprint density at radius 2 is 1.90 bits per heavy atom. The van der Waals surface area contributed by atoms with Crippen molar-refractivity contribution in [3.05, 3.63) is 30.1 Å². The molecule has 0 aliphatic rings. The fraction of sp³-hybridized carbons (Fsp3) is 0.429. The van der Waals surface area contributed by atoms with E-state index in [4.69, 9.17) is 4.74 Å². The van der Waals surface area contributed by atoms with Crippen LogP contribution in [0.25, 0.3) is 0 Å². The summed E-state index contributed by atoms with van der Waals surface area (Å²) in [5.41, 5.74) is 1.16. The molecule has 0 aliphatic heterocycles. The van der Waals surface area contributed by atoms with Crippen molar-refractivity contribution in [3.8, 4) is 6.01 Å². The zero-order valence-electron chi connectivity index (χ0n) is 12.3. The quantitative estimate of drug-likeness (QED) is 0.765. The molecular weight excluding hydrogens is 268 g/mol. The average Bonchev–Trinajstić information content (AvgIpc) is 2.49. The monoisotopic (exact) mass is 288 g/mol. The molecule has 0 radical (unpaired) electrons. The van der Waals surface area contributed by atoms with Gasteiger partial charge in [0, 0.05) is 25.5 Å². The minimum Gasteiger partial charge on any atom is -0.464 e. The number of anilines is 2. The first-order valence-corrected chi connectivity index (χ1v) is 7.07. The van der Waals surface area contributed by atoms with Crippen LogP contribution in [-0.4, -0.2) is 39.6 Å². The molecule has 21 heavy (non-hydrogen) atoms. The molecule has 0 amide bonds. The molecule has 112 valence electrons. The number of pyridine rings is 1. The highest BCUT2D eigenvalue weighted by molar-refractivity contribution is 5.35. The summed E-state index contributed by atoms with van der Waals surface area (Å²) in [5, 5.41) is 6.24. The van der Waals surface area contributed by atoms with Crippen LogP contribution in [0.5, 0.6) is 6.01 Å². The van der Waals surface area contributed by atoms with Gasteiger partial charge < -0.3 is 15.4 Å². The molecule has 2 aromatic heterocycles. The topological polar surface area (TPSA) is 84.9 Å². The Bertz CT molecular complexity index is 524. The van der Waals surface area contributed by atoms with Gasteiger partial charge in [0.1, 0.15) is 0 Å². The number of aromatic nitrogens is 4. The van der Waals surface area contributed by atoms with Crippen molar-refractivity contribution in [1.82, 2.24) is 19.9 Å². The van der Waals surface area contributed by atoms with Gasteiger partial charge in [0.15, 0.2) is 0 Å². The first-order chi connectivity index (χ1) is 10.3. The molecule has 2 heterocycles. The third-order valence-corrected chi connectivity index (χ3v) is 2.64. The lowest BCUT2D eigenvalue weighted by Gasteiger charge is -2.09. The molecule has 2 N–H and O–H groups in total. The molecule has 0 fully saturated rings. The minimum absolute atomic E-state index is 0.326. The second-order valence-corrected chi connectivity index (χ2v) is 4.27. The lowest BCUT2D eigenvalue weighted by Crippen LogP contribution is -2.12. The molecule has 2 aromatic rings. The van der Waals surface area contributed by atoms with Crippen molar-refractivity contribution < 1.29 is 4.74 Å². The summed E-state index contributed by atoms with van der Waals surface area (Å²) in [5.74, 6) is 1.02. The van der Waals surface area contributed by atoms with Crippen LogP contribution >= 0.6 is 0 Å². The summed E-state index contributed by atoms with van der Waals surface area (Å²) in [6, 6.07) is 4.29. The summed E-state index contributed by atoms with van der Waals surface area (Å²) in [7, 11) is 0. The fourth-order valence-corrected chi connectivity index (χ4v) is 1.73. The van der Waals surface area contributed by atoms with E-state index in [0.29, 0.717) is 31.1 Å². The van der Waals surface area contributed by atoms with Crippen molar-refractivity contribution >= 4 is 11.9 Å². The van der Waals surface area contributed by atoms with E-state index in [1.54, 1.807) is 6.20 Å². The Hall–Kier alpha value is -2.44. The molecule has 0 bridgehead atoms. The van der Waals surface area contributed by atoms with Crippen molar-refractivity contribution in [1.29, 1.82) is 0 Å². The predicted molar refractivity (Wildman–Crippen MR) is 81.6 cm³/mol. The van der Waals surface area contributed by atoms with Crippen molar-refractivity contribution in [2.75, 3.05) is 30.3 Å². The van der Waals surface area contributed by atoms with E-state index in [1.165, 1.54) is 0 Å². The predicted octanol–water partition coefficient (Wildman–Crippen LogP) is 1.75. The van der Waals surface area contributed by atoms with Crippen molar-refractivity contribution in [2.45, 2.75) is 20.3 Å². The smallest absolute Gasteiger partial charge is 0.323 e. The van der Waals surface area contributed by atoms with E-state index in [0.717, 1.165) is 18.5 Å². The molecule has 0 unspecified atom stereocenters. The van der Waals surface area contributed by atoms with Gasteiger partial charge in [0.2, 0.25) is 11.9 Å².